The number of aromatic nitrogens is 2. The van der Waals surface area contributed by atoms with Gasteiger partial charge in [0.2, 0.25) is 5.91 Å². The fraction of sp³-hybridized carbons (Fsp3) is 0.378. The van der Waals surface area contributed by atoms with Gasteiger partial charge in [-0.1, -0.05) is 67.9 Å². The number of nitrogens with zero attached hydrogens (tertiary/aromatic N) is 4. The summed E-state index contributed by atoms with van der Waals surface area (Å²) < 4.78 is 219. The van der Waals surface area contributed by atoms with Crippen LogP contribution in [0.5, 0.6) is 0 Å². The molecule has 4 aromatic rings. The van der Waals surface area contributed by atoms with E-state index in [1.165, 1.54) is 0 Å². The van der Waals surface area contributed by atoms with E-state index >= 15 is 0 Å². The largest absolute Gasteiger partial charge is 0.416 e. The van der Waals surface area contributed by atoms with E-state index in [2.05, 4.69) is 4.98 Å². The van der Waals surface area contributed by atoms with Crippen molar-refractivity contribution >= 4 is 17.7 Å². The number of carbonyl (C=O) groups excluding carboxylic acids is 1. The van der Waals surface area contributed by atoms with E-state index in [0.717, 1.165) is 25.3 Å². The summed E-state index contributed by atoms with van der Waals surface area (Å²) in [7, 11) is 0. The third-order valence-electron chi connectivity index (χ3n) is 7.13. The number of alkyl halides is 3. The van der Waals surface area contributed by atoms with Crippen LogP contribution in [0.4, 0.5) is 17.6 Å². The summed E-state index contributed by atoms with van der Waals surface area (Å²) in [5, 5.41) is -0.609. The lowest BCUT2D eigenvalue weighted by Gasteiger charge is -2.28. The van der Waals surface area contributed by atoms with Crippen molar-refractivity contribution in [1.82, 2.24) is 19.4 Å². The molecule has 6 nitrogen and oxygen atoms in total. The quantitative estimate of drug-likeness (QED) is 0.0821. The minimum Gasteiger partial charge on any atom is -0.336 e. The van der Waals surface area contributed by atoms with Crippen molar-refractivity contribution < 1.29 is 48.4 Å². The van der Waals surface area contributed by atoms with E-state index in [1.807, 2.05) is 0 Å². The van der Waals surface area contributed by atoms with Gasteiger partial charge in [-0.15, -0.1) is 0 Å². The van der Waals surface area contributed by atoms with Gasteiger partial charge in [0.1, 0.15) is 12.4 Å². The number of fused-ring (bicyclic) bond motifs is 1. The van der Waals surface area contributed by atoms with Gasteiger partial charge >= 0.3 is 6.18 Å². The lowest BCUT2D eigenvalue weighted by Crippen LogP contribution is -2.40. The molecule has 0 bridgehead atoms. The minimum absolute atomic E-state index is 0.0395. The Kier molecular flexibility index (Phi) is 5.86. The smallest absolute Gasteiger partial charge is 0.336 e. The summed E-state index contributed by atoms with van der Waals surface area (Å²) in [6, 6.07) is -13.7. The number of halogens is 4. The molecule has 0 unspecified atom stereocenters. The highest BCUT2D eigenvalue weighted by Gasteiger charge is 2.30. The van der Waals surface area contributed by atoms with Crippen molar-refractivity contribution in [3.8, 4) is 11.1 Å². The molecule has 1 aliphatic carbocycles. The molecule has 48 heavy (non-hydrogen) atoms. The van der Waals surface area contributed by atoms with Crippen molar-refractivity contribution in [3.63, 3.8) is 0 Å². The van der Waals surface area contributed by atoms with Crippen LogP contribution in [0.1, 0.15) is 79.8 Å². The van der Waals surface area contributed by atoms with Gasteiger partial charge in [0, 0.05) is 44.8 Å². The molecule has 0 atom stereocenters. The highest BCUT2D eigenvalue weighted by molar-refractivity contribution is 7.98. The van der Waals surface area contributed by atoms with Gasteiger partial charge < -0.3 is 14.4 Å². The number of hydrogen-bond acceptors (Lipinski definition) is 5. The predicted octanol–water partition coefficient (Wildman–Crippen LogP) is 7.53. The van der Waals surface area contributed by atoms with Crippen molar-refractivity contribution in [2.45, 2.75) is 70.1 Å². The number of hydrogen-bond donors (Lipinski definition) is 0. The van der Waals surface area contributed by atoms with Gasteiger partial charge in [-0.05, 0) is 91.2 Å². The maximum atomic E-state index is 14.9. The van der Waals surface area contributed by atoms with E-state index < -0.39 is 173 Å². The first-order valence-electron chi connectivity index (χ1n) is 23.9. The summed E-state index contributed by atoms with van der Waals surface area (Å²) in [6.07, 6.45) is -4.88. The number of rotatable bonds is 13. The second-order valence-electron chi connectivity index (χ2n) is 10.2. The summed E-state index contributed by atoms with van der Waals surface area (Å²) >= 11 is 0.0395. The van der Waals surface area contributed by atoms with Crippen LogP contribution in [-0.2, 0) is 42.6 Å². The van der Waals surface area contributed by atoms with Crippen LogP contribution < -0.4 is 5.56 Å². The van der Waals surface area contributed by atoms with Gasteiger partial charge in [-0.25, -0.2) is 4.39 Å². The molecule has 0 fully saturated rings. The number of benzene rings is 3. The summed E-state index contributed by atoms with van der Waals surface area (Å²) in [5.74, 6) is -2.88. The molecule has 0 saturated carbocycles. The molecule has 1 aliphatic rings. The van der Waals surface area contributed by atoms with Crippen molar-refractivity contribution in [2.75, 3.05) is 26.1 Å². The Labute approximate surface area is 309 Å². The van der Waals surface area contributed by atoms with Crippen LogP contribution in [0.25, 0.3) is 11.1 Å². The number of likely N-dealkylation sites (N-methyl/N-ethyl adjacent to an activating group) is 1. The van der Waals surface area contributed by atoms with Crippen molar-refractivity contribution in [1.29, 1.82) is 0 Å². The molecule has 1 amide bonds. The third kappa shape index (κ3) is 8.54. The molecule has 0 saturated heterocycles. The van der Waals surface area contributed by atoms with Gasteiger partial charge in [0.05, 0.1) is 23.4 Å². The Balaban J connectivity index is 1.74. The van der Waals surface area contributed by atoms with Gasteiger partial charge in [0.15, 0.2) is 5.16 Å². The Bertz CT molecular complexity index is 2660. The lowest BCUT2D eigenvalue weighted by molar-refractivity contribution is -0.137. The van der Waals surface area contributed by atoms with E-state index in [9.17, 15) is 29.9 Å². The zero-order valence-electron chi connectivity index (χ0n) is 44.8. The van der Waals surface area contributed by atoms with Crippen molar-refractivity contribution in [3.05, 3.63) is 116 Å². The molecule has 0 N–H and O–H groups in total. The van der Waals surface area contributed by atoms with Gasteiger partial charge in [-0.3, -0.25) is 9.59 Å². The van der Waals surface area contributed by atoms with E-state index in [0.29, 0.717) is 16.2 Å². The van der Waals surface area contributed by atoms with Crippen LogP contribution in [0.15, 0.2) is 76.4 Å². The van der Waals surface area contributed by atoms with Crippen LogP contribution in [0, 0.1) is 12.7 Å². The average Bonchev–Trinajstić information content (AvgIpc) is 3.68. The maximum absolute atomic E-state index is 14.9. The van der Waals surface area contributed by atoms with Crippen LogP contribution in [0.2, 0.25) is 0 Å². The predicted molar refractivity (Wildman–Crippen MR) is 181 cm³/mol. The molecular weight excluding hydrogens is 640 g/mol. The fourth-order valence-electron chi connectivity index (χ4n) is 4.72. The fourth-order valence-corrected chi connectivity index (χ4v) is 5.43. The summed E-state index contributed by atoms with van der Waals surface area (Å²) in [4.78, 5) is 33.1. The minimum atomic E-state index is -5.36. The molecule has 1 heterocycles. The Hall–Kier alpha value is -3.96. The Morgan fingerprint density at radius 1 is 1.00 bits per heavy atom. The summed E-state index contributed by atoms with van der Waals surface area (Å²) in [5.41, 5.74) is -10.0. The zero-order chi connectivity index (χ0) is 51.2. The second-order valence-corrected chi connectivity index (χ2v) is 11.0. The average molecular weight is 700 g/mol. The van der Waals surface area contributed by atoms with E-state index in [1.54, 1.807) is 0 Å². The molecule has 0 radical (unpaired) electrons. The first-order chi connectivity index (χ1) is 30.4. The topological polar surface area (TPSA) is 58.4 Å². The maximum Gasteiger partial charge on any atom is 0.416 e. The Morgan fingerprint density at radius 2 is 1.69 bits per heavy atom. The third-order valence-corrected chi connectivity index (χ3v) is 7.93. The van der Waals surface area contributed by atoms with Crippen LogP contribution in [-0.4, -0.2) is 51.3 Å². The second kappa shape index (κ2) is 15.5. The Morgan fingerprint density at radius 3 is 2.35 bits per heavy atom. The molecule has 0 spiro atoms. The number of thioether (sulfide) groups is 1. The van der Waals surface area contributed by atoms with Crippen LogP contribution in [0.3, 0.4) is 0 Å². The molecule has 5 rings (SSSR count). The first kappa shape index (κ1) is 18.2. The van der Waals surface area contributed by atoms with Crippen molar-refractivity contribution in [2.24, 2.45) is 0 Å². The van der Waals surface area contributed by atoms with E-state index in [-0.39, 0.29) is 35.9 Å². The lowest BCUT2D eigenvalue weighted by atomic mass is 9.98. The highest BCUT2D eigenvalue weighted by Crippen LogP contribution is 2.32. The highest BCUT2D eigenvalue weighted by atomic mass is 32.2. The van der Waals surface area contributed by atoms with Crippen LogP contribution >= 0.6 is 11.8 Å². The SMILES string of the molecule is [2H]c1c([2H])c(C([2H])([2H])Sc2nc(=O)c3c(n2CC(=O)N(CCN(C([2H])([2H])C)C([2H])([2H])C)C([2H])([2H])c2c([2H])c([2H])c(-c4c([2H])c([2H])c(C(F)(F)F)c([2H])c4[2H])c([2H])c2C)CCC3)c([2H])c([2H])c1F. The standard InChI is InChI=1S/C37H40F4N4O2S/c1-4-43(5-2)19-20-44(22-29-12-11-28(21-25(29)3)27-13-15-30(16-14-27)37(39,40)41)34(46)23-45-33-8-6-7-32(33)35(47)42-36(45)48-24-26-9-17-31(38)18-10-26/h9-18,21H,4-8,19-20,22-24H2,1-3H3/i4D2,5D2,9D,10D,11D,12D,13D,14D,15D,16D,17D,18D,21D,22D2,24D2. The number of amides is 1. The number of carbonyl (C=O) groups is 1. The van der Waals surface area contributed by atoms with Gasteiger partial charge in [-0.2, -0.15) is 18.2 Å². The molecule has 1 aromatic heterocycles. The molecule has 254 valence electrons. The first-order valence-corrected chi connectivity index (χ1v) is 15.2. The normalized spacial score (nSPS) is 19.7. The molecule has 11 heteroatoms. The van der Waals surface area contributed by atoms with Gasteiger partial charge in [0.25, 0.3) is 5.56 Å². The zero-order valence-corrected chi connectivity index (χ0v) is 26.6. The summed E-state index contributed by atoms with van der Waals surface area (Å²) in [6.45, 7) is -8.19. The van der Waals surface area contributed by atoms with E-state index in [4.69, 9.17) is 23.3 Å². The molecule has 3 aromatic carbocycles. The molecule has 0 aliphatic heterocycles. The molecular formula is C37H40F4N4O2S. The monoisotopic (exact) mass is 699 g/mol.